The van der Waals surface area contributed by atoms with Crippen LogP contribution in [0.2, 0.25) is 5.02 Å². The Bertz CT molecular complexity index is 664. The fourth-order valence-corrected chi connectivity index (χ4v) is 1.73. The van der Waals surface area contributed by atoms with E-state index in [4.69, 9.17) is 21.4 Å². The van der Waals surface area contributed by atoms with Crippen LogP contribution < -0.4 is 10.1 Å². The third-order valence-corrected chi connectivity index (χ3v) is 2.79. The monoisotopic (exact) mass is 296 g/mol. The summed E-state index contributed by atoms with van der Waals surface area (Å²) >= 11 is 5.93. The molecule has 104 valence electrons. The molecule has 0 aliphatic carbocycles. The van der Waals surface area contributed by atoms with Gasteiger partial charge in [0.05, 0.1) is 17.7 Å². The van der Waals surface area contributed by atoms with Crippen molar-refractivity contribution in [3.8, 4) is 5.75 Å². The number of ether oxygens (including phenoxy) is 1. The third-order valence-electron chi connectivity index (χ3n) is 2.50. The van der Waals surface area contributed by atoms with E-state index in [0.29, 0.717) is 5.69 Å². The van der Waals surface area contributed by atoms with Gasteiger partial charge in [-0.15, -0.1) is 0 Å². The van der Waals surface area contributed by atoms with Gasteiger partial charge in [0.1, 0.15) is 5.82 Å². The number of nitrogens with one attached hydrogen (secondary N) is 1. The van der Waals surface area contributed by atoms with E-state index in [0.717, 1.165) is 0 Å². The molecule has 2 aromatic rings. The second-order valence-corrected chi connectivity index (χ2v) is 4.24. The number of halogens is 2. The molecule has 0 atom stereocenters. The molecular weight excluding hydrogens is 287 g/mol. The minimum Gasteiger partial charge on any atom is -0.494 e. The lowest BCUT2D eigenvalue weighted by molar-refractivity contribution is 0.0696. The van der Waals surface area contributed by atoms with E-state index in [-0.39, 0.29) is 22.2 Å². The second-order valence-electron chi connectivity index (χ2n) is 3.83. The van der Waals surface area contributed by atoms with Gasteiger partial charge in [-0.25, -0.2) is 14.2 Å². The average Bonchev–Trinajstić information content (AvgIpc) is 2.42. The Morgan fingerprint density at radius 3 is 2.80 bits per heavy atom. The Labute approximate surface area is 119 Å². The summed E-state index contributed by atoms with van der Waals surface area (Å²) in [6.07, 6.45) is 1.18. The predicted molar refractivity (Wildman–Crippen MR) is 72.4 cm³/mol. The molecule has 5 nitrogen and oxygen atoms in total. The van der Waals surface area contributed by atoms with Gasteiger partial charge in [-0.1, -0.05) is 11.6 Å². The topological polar surface area (TPSA) is 71.5 Å². The normalized spacial score (nSPS) is 10.2. The van der Waals surface area contributed by atoms with Crippen molar-refractivity contribution in [1.29, 1.82) is 0 Å². The lowest BCUT2D eigenvalue weighted by atomic mass is 10.2. The highest BCUT2D eigenvalue weighted by Gasteiger charge is 2.10. The molecule has 0 amide bonds. The molecule has 0 saturated carbocycles. The summed E-state index contributed by atoms with van der Waals surface area (Å²) in [7, 11) is 1.36. The van der Waals surface area contributed by atoms with E-state index < -0.39 is 11.8 Å². The van der Waals surface area contributed by atoms with Gasteiger partial charge in [-0.05, 0) is 18.2 Å². The number of hydrogen-bond donors (Lipinski definition) is 2. The minimum atomic E-state index is -1.12. The van der Waals surface area contributed by atoms with Crippen LogP contribution in [0.15, 0.2) is 30.5 Å². The number of carbonyl (C=O) groups is 1. The fourth-order valence-electron chi connectivity index (χ4n) is 1.52. The molecule has 0 saturated heterocycles. The number of pyridine rings is 1. The molecule has 0 spiro atoms. The average molecular weight is 297 g/mol. The molecular formula is C13H10ClFN2O3. The van der Waals surface area contributed by atoms with E-state index in [1.54, 1.807) is 0 Å². The van der Waals surface area contributed by atoms with E-state index in [9.17, 15) is 9.18 Å². The smallest absolute Gasteiger partial charge is 0.337 e. The quantitative estimate of drug-likeness (QED) is 0.905. The summed E-state index contributed by atoms with van der Waals surface area (Å²) < 4.78 is 18.1. The largest absolute Gasteiger partial charge is 0.494 e. The van der Waals surface area contributed by atoms with Gasteiger partial charge < -0.3 is 15.2 Å². The minimum absolute atomic E-state index is 0.0164. The number of aromatic nitrogens is 1. The number of aromatic carboxylic acids is 1. The third kappa shape index (κ3) is 2.97. The summed E-state index contributed by atoms with van der Waals surface area (Å²) in [6, 6.07) is 5.44. The van der Waals surface area contributed by atoms with Gasteiger partial charge >= 0.3 is 5.97 Å². The Hall–Kier alpha value is -2.34. The van der Waals surface area contributed by atoms with Gasteiger partial charge in [0.25, 0.3) is 0 Å². The number of hydrogen-bond acceptors (Lipinski definition) is 4. The summed E-state index contributed by atoms with van der Waals surface area (Å²) in [5, 5.41) is 11.8. The molecule has 2 N–H and O–H groups in total. The summed E-state index contributed by atoms with van der Waals surface area (Å²) in [5.74, 6) is -1.26. The van der Waals surface area contributed by atoms with Gasteiger partial charge in [0.2, 0.25) is 0 Å². The van der Waals surface area contributed by atoms with E-state index in [1.165, 1.54) is 37.6 Å². The van der Waals surface area contributed by atoms with Crippen molar-refractivity contribution in [2.45, 2.75) is 0 Å². The van der Waals surface area contributed by atoms with Crippen molar-refractivity contribution >= 4 is 29.1 Å². The summed E-state index contributed by atoms with van der Waals surface area (Å²) in [5.41, 5.74) is 0.498. The van der Waals surface area contributed by atoms with Crippen molar-refractivity contribution in [2.75, 3.05) is 12.4 Å². The molecule has 7 heteroatoms. The second kappa shape index (κ2) is 5.75. The first-order valence-electron chi connectivity index (χ1n) is 5.50. The van der Waals surface area contributed by atoms with E-state index in [2.05, 4.69) is 10.3 Å². The van der Waals surface area contributed by atoms with Crippen LogP contribution in [-0.4, -0.2) is 23.2 Å². The van der Waals surface area contributed by atoms with Crippen molar-refractivity contribution in [1.82, 2.24) is 4.98 Å². The van der Waals surface area contributed by atoms with Crippen LogP contribution in [0.1, 0.15) is 10.4 Å². The molecule has 0 radical (unpaired) electrons. The maximum atomic E-state index is 13.3. The molecule has 0 aliphatic rings. The zero-order valence-corrected chi connectivity index (χ0v) is 11.1. The van der Waals surface area contributed by atoms with Crippen LogP contribution in [0, 0.1) is 5.82 Å². The number of nitrogens with zero attached hydrogens (tertiary/aromatic N) is 1. The Balaban J connectivity index is 2.28. The summed E-state index contributed by atoms with van der Waals surface area (Å²) in [6.45, 7) is 0. The molecule has 1 heterocycles. The van der Waals surface area contributed by atoms with Crippen LogP contribution in [-0.2, 0) is 0 Å². The standard InChI is InChI=1S/C13H10ClFN2O3/c1-20-11-5-8(2-3-10(11)15)17-12-9(14)4-7(6-16-12)13(18)19/h2-6H,1H3,(H,16,17)(H,18,19). The molecule has 0 fully saturated rings. The zero-order chi connectivity index (χ0) is 14.7. The Kier molecular flexibility index (Phi) is 4.05. The van der Waals surface area contributed by atoms with Gasteiger partial charge in [-0.2, -0.15) is 0 Å². The zero-order valence-electron chi connectivity index (χ0n) is 10.4. The maximum Gasteiger partial charge on any atom is 0.337 e. The highest BCUT2D eigenvalue weighted by atomic mass is 35.5. The Morgan fingerprint density at radius 1 is 1.45 bits per heavy atom. The molecule has 0 unspecified atom stereocenters. The number of methoxy groups -OCH3 is 1. The number of anilines is 2. The van der Waals surface area contributed by atoms with Crippen LogP contribution in [0.4, 0.5) is 15.9 Å². The molecule has 1 aromatic carbocycles. The first-order valence-corrected chi connectivity index (χ1v) is 5.88. The maximum absolute atomic E-state index is 13.3. The molecule has 2 rings (SSSR count). The molecule has 0 bridgehead atoms. The van der Waals surface area contributed by atoms with Crippen molar-refractivity contribution in [2.24, 2.45) is 0 Å². The highest BCUT2D eigenvalue weighted by Crippen LogP contribution is 2.27. The van der Waals surface area contributed by atoms with Crippen LogP contribution in [0.5, 0.6) is 5.75 Å². The molecule has 1 aromatic heterocycles. The van der Waals surface area contributed by atoms with Crippen molar-refractivity contribution in [3.63, 3.8) is 0 Å². The highest BCUT2D eigenvalue weighted by molar-refractivity contribution is 6.33. The van der Waals surface area contributed by atoms with Crippen molar-refractivity contribution < 1.29 is 19.0 Å². The van der Waals surface area contributed by atoms with Gasteiger partial charge in [0.15, 0.2) is 11.6 Å². The van der Waals surface area contributed by atoms with Gasteiger partial charge in [0, 0.05) is 18.0 Å². The first kappa shape index (κ1) is 14.1. The van der Waals surface area contributed by atoms with Gasteiger partial charge in [-0.3, -0.25) is 0 Å². The first-order chi connectivity index (χ1) is 9.51. The van der Waals surface area contributed by atoms with E-state index >= 15 is 0 Å². The SMILES string of the molecule is COc1cc(Nc2ncc(C(=O)O)cc2Cl)ccc1F. The summed E-state index contributed by atoms with van der Waals surface area (Å²) in [4.78, 5) is 14.7. The number of carboxylic acids is 1. The number of carboxylic acid groups (broad SMARTS) is 1. The number of benzene rings is 1. The lowest BCUT2D eigenvalue weighted by Gasteiger charge is -2.09. The van der Waals surface area contributed by atoms with Crippen molar-refractivity contribution in [3.05, 3.63) is 46.9 Å². The van der Waals surface area contributed by atoms with Crippen LogP contribution in [0.25, 0.3) is 0 Å². The lowest BCUT2D eigenvalue weighted by Crippen LogP contribution is -2.01. The molecule has 20 heavy (non-hydrogen) atoms. The number of rotatable bonds is 4. The van der Waals surface area contributed by atoms with Crippen LogP contribution >= 0.6 is 11.6 Å². The van der Waals surface area contributed by atoms with Crippen LogP contribution in [0.3, 0.4) is 0 Å². The fraction of sp³-hybridized carbons (Fsp3) is 0.0769. The predicted octanol–water partition coefficient (Wildman–Crippen LogP) is 3.32. The van der Waals surface area contributed by atoms with E-state index in [1.807, 2.05) is 0 Å². The Morgan fingerprint density at radius 2 is 2.20 bits per heavy atom. The molecule has 0 aliphatic heterocycles.